The lowest BCUT2D eigenvalue weighted by atomic mass is 10.1. The van der Waals surface area contributed by atoms with Crippen molar-refractivity contribution in [1.29, 1.82) is 0 Å². The Morgan fingerprint density at radius 1 is 1.47 bits per heavy atom. The summed E-state index contributed by atoms with van der Waals surface area (Å²) in [6.07, 6.45) is 2.71. The second-order valence-corrected chi connectivity index (χ2v) is 4.33. The summed E-state index contributed by atoms with van der Waals surface area (Å²) in [7, 11) is 0. The number of guanidine groups is 1. The van der Waals surface area contributed by atoms with Crippen LogP contribution in [0, 0.1) is 0 Å². The second-order valence-electron chi connectivity index (χ2n) is 4.33. The van der Waals surface area contributed by atoms with Crippen LogP contribution in [-0.2, 0) is 4.74 Å². The molecule has 0 atom stereocenters. The van der Waals surface area contributed by atoms with Gasteiger partial charge in [0.25, 0.3) is 0 Å². The summed E-state index contributed by atoms with van der Waals surface area (Å²) >= 11 is 0. The van der Waals surface area contributed by atoms with E-state index in [-0.39, 0.29) is 5.54 Å². The van der Waals surface area contributed by atoms with E-state index in [4.69, 9.17) is 10.5 Å². The van der Waals surface area contributed by atoms with Crippen LogP contribution in [0.4, 0.5) is 0 Å². The molecule has 0 saturated heterocycles. The van der Waals surface area contributed by atoms with Crippen LogP contribution in [0.2, 0.25) is 0 Å². The molecule has 15 heavy (non-hydrogen) atoms. The zero-order valence-corrected chi connectivity index (χ0v) is 10.0. The topological polar surface area (TPSA) is 59.6 Å². The Bertz CT molecular complexity index is 206. The predicted octanol–water partition coefficient (Wildman–Crippen LogP) is 1.28. The number of rotatable bonds is 6. The highest BCUT2D eigenvalue weighted by molar-refractivity contribution is 5.78. The van der Waals surface area contributed by atoms with Crippen LogP contribution in [0.15, 0.2) is 17.6 Å². The van der Waals surface area contributed by atoms with Crippen molar-refractivity contribution in [3.8, 4) is 0 Å². The third-order valence-corrected chi connectivity index (χ3v) is 1.49. The Kier molecular flexibility index (Phi) is 6.79. The third-order valence-electron chi connectivity index (χ3n) is 1.49. The average molecular weight is 213 g/mol. The SMILES string of the molecule is C=CCCOCCN=C(N)NC(C)(C)C. The molecule has 4 heteroatoms. The fraction of sp³-hybridized carbons (Fsp3) is 0.727. The van der Waals surface area contributed by atoms with Gasteiger partial charge in [-0.3, -0.25) is 4.99 Å². The van der Waals surface area contributed by atoms with Crippen molar-refractivity contribution in [3.63, 3.8) is 0 Å². The number of hydrogen-bond acceptors (Lipinski definition) is 2. The van der Waals surface area contributed by atoms with Crippen molar-refractivity contribution >= 4 is 5.96 Å². The molecule has 0 aliphatic carbocycles. The highest BCUT2D eigenvalue weighted by atomic mass is 16.5. The minimum absolute atomic E-state index is 0.0444. The molecular weight excluding hydrogens is 190 g/mol. The van der Waals surface area contributed by atoms with Gasteiger partial charge in [-0.2, -0.15) is 0 Å². The van der Waals surface area contributed by atoms with E-state index in [1.54, 1.807) is 0 Å². The van der Waals surface area contributed by atoms with Crippen LogP contribution in [0.3, 0.4) is 0 Å². The van der Waals surface area contributed by atoms with Crippen molar-refractivity contribution in [2.75, 3.05) is 19.8 Å². The Morgan fingerprint density at radius 3 is 2.67 bits per heavy atom. The molecule has 4 nitrogen and oxygen atoms in total. The van der Waals surface area contributed by atoms with Gasteiger partial charge >= 0.3 is 0 Å². The van der Waals surface area contributed by atoms with E-state index in [1.807, 2.05) is 26.8 Å². The van der Waals surface area contributed by atoms with Gasteiger partial charge in [0.2, 0.25) is 0 Å². The van der Waals surface area contributed by atoms with Gasteiger partial charge in [-0.25, -0.2) is 0 Å². The normalized spacial score (nSPS) is 12.6. The summed E-state index contributed by atoms with van der Waals surface area (Å²) in [5, 5.41) is 3.08. The molecule has 0 unspecified atom stereocenters. The summed E-state index contributed by atoms with van der Waals surface area (Å²) in [6, 6.07) is 0. The third kappa shape index (κ3) is 10.9. The average Bonchev–Trinajstić information content (AvgIpc) is 2.08. The molecule has 3 N–H and O–H groups in total. The summed E-state index contributed by atoms with van der Waals surface area (Å²) in [5.74, 6) is 0.467. The lowest BCUT2D eigenvalue weighted by Gasteiger charge is -2.20. The molecule has 0 radical (unpaired) electrons. The first-order valence-electron chi connectivity index (χ1n) is 5.22. The van der Waals surface area contributed by atoms with E-state index in [2.05, 4.69) is 16.9 Å². The number of ether oxygens (including phenoxy) is 1. The van der Waals surface area contributed by atoms with Crippen LogP contribution in [0.25, 0.3) is 0 Å². The molecule has 88 valence electrons. The molecule has 0 bridgehead atoms. The highest BCUT2D eigenvalue weighted by Crippen LogP contribution is 1.96. The molecule has 0 aromatic heterocycles. The second kappa shape index (κ2) is 7.29. The van der Waals surface area contributed by atoms with E-state index in [1.165, 1.54) is 0 Å². The predicted molar refractivity (Wildman–Crippen MR) is 65.0 cm³/mol. The Morgan fingerprint density at radius 2 is 2.13 bits per heavy atom. The van der Waals surface area contributed by atoms with Crippen LogP contribution < -0.4 is 11.1 Å². The summed E-state index contributed by atoms with van der Waals surface area (Å²) in [5.41, 5.74) is 5.62. The van der Waals surface area contributed by atoms with Crippen molar-refractivity contribution in [2.45, 2.75) is 32.7 Å². The quantitative estimate of drug-likeness (QED) is 0.302. The summed E-state index contributed by atoms with van der Waals surface area (Å²) in [4.78, 5) is 4.14. The molecule has 0 fully saturated rings. The van der Waals surface area contributed by atoms with Crippen LogP contribution >= 0.6 is 0 Å². The van der Waals surface area contributed by atoms with E-state index in [9.17, 15) is 0 Å². The van der Waals surface area contributed by atoms with Crippen molar-refractivity contribution in [1.82, 2.24) is 5.32 Å². The molecule has 0 spiro atoms. The summed E-state index contributed by atoms with van der Waals surface area (Å²) in [6.45, 7) is 11.6. The van der Waals surface area contributed by atoms with Crippen molar-refractivity contribution in [3.05, 3.63) is 12.7 Å². The van der Waals surface area contributed by atoms with Gasteiger partial charge < -0.3 is 15.8 Å². The number of nitrogens with one attached hydrogen (secondary N) is 1. The summed E-state index contributed by atoms with van der Waals surface area (Å²) < 4.78 is 5.29. The molecule has 0 amide bonds. The van der Waals surface area contributed by atoms with E-state index in [0.717, 1.165) is 6.42 Å². The van der Waals surface area contributed by atoms with Crippen LogP contribution in [0.1, 0.15) is 27.2 Å². The first kappa shape index (κ1) is 14.0. The minimum Gasteiger partial charge on any atom is -0.379 e. The maximum atomic E-state index is 5.67. The monoisotopic (exact) mass is 213 g/mol. The van der Waals surface area contributed by atoms with Gasteiger partial charge in [-0.1, -0.05) is 6.08 Å². The zero-order chi connectivity index (χ0) is 11.7. The minimum atomic E-state index is -0.0444. The maximum Gasteiger partial charge on any atom is 0.189 e. The number of nitrogens with zero attached hydrogens (tertiary/aromatic N) is 1. The molecule has 0 aliphatic heterocycles. The Labute approximate surface area is 92.6 Å². The maximum absolute atomic E-state index is 5.67. The fourth-order valence-electron chi connectivity index (χ4n) is 0.923. The standard InChI is InChI=1S/C11H23N3O/c1-5-6-8-15-9-7-13-10(12)14-11(2,3)4/h5H,1,6-9H2,2-4H3,(H3,12,13,14). The molecule has 0 rings (SSSR count). The van der Waals surface area contributed by atoms with Gasteiger partial charge in [0, 0.05) is 5.54 Å². The first-order valence-corrected chi connectivity index (χ1v) is 5.22. The van der Waals surface area contributed by atoms with Gasteiger partial charge in [-0.05, 0) is 27.2 Å². The van der Waals surface area contributed by atoms with Crippen LogP contribution in [-0.4, -0.2) is 31.3 Å². The van der Waals surface area contributed by atoms with Gasteiger partial charge in [0.1, 0.15) is 0 Å². The molecule has 0 saturated carbocycles. The Hall–Kier alpha value is -1.03. The van der Waals surface area contributed by atoms with Crippen molar-refractivity contribution in [2.24, 2.45) is 10.7 Å². The number of aliphatic imine (C=N–C) groups is 1. The van der Waals surface area contributed by atoms with Gasteiger partial charge in [0.05, 0.1) is 19.8 Å². The molecule has 0 aromatic rings. The van der Waals surface area contributed by atoms with E-state index < -0.39 is 0 Å². The lowest BCUT2D eigenvalue weighted by Crippen LogP contribution is -2.45. The molecule has 0 aliphatic rings. The first-order chi connectivity index (χ1) is 6.95. The Balaban J connectivity index is 3.54. The lowest BCUT2D eigenvalue weighted by molar-refractivity contribution is 0.146. The smallest absolute Gasteiger partial charge is 0.189 e. The van der Waals surface area contributed by atoms with E-state index >= 15 is 0 Å². The van der Waals surface area contributed by atoms with E-state index in [0.29, 0.717) is 25.7 Å². The van der Waals surface area contributed by atoms with Crippen LogP contribution in [0.5, 0.6) is 0 Å². The van der Waals surface area contributed by atoms with Crippen molar-refractivity contribution < 1.29 is 4.74 Å². The molecule has 0 heterocycles. The van der Waals surface area contributed by atoms with Gasteiger partial charge in [0.15, 0.2) is 5.96 Å². The number of hydrogen-bond donors (Lipinski definition) is 2. The fourth-order valence-corrected chi connectivity index (χ4v) is 0.923. The molecular formula is C11H23N3O. The van der Waals surface area contributed by atoms with Gasteiger partial charge in [-0.15, -0.1) is 6.58 Å². The highest BCUT2D eigenvalue weighted by Gasteiger charge is 2.09. The zero-order valence-electron chi connectivity index (χ0n) is 10.0. The largest absolute Gasteiger partial charge is 0.379 e. The molecule has 0 aromatic carbocycles. The number of nitrogens with two attached hydrogens (primary N) is 1.